The van der Waals surface area contributed by atoms with Crippen molar-refractivity contribution in [1.29, 1.82) is 0 Å². The first-order chi connectivity index (χ1) is 9.29. The molecule has 1 saturated carbocycles. The van der Waals surface area contributed by atoms with Crippen LogP contribution in [0.4, 0.5) is 0 Å². The van der Waals surface area contributed by atoms with Crippen LogP contribution in [-0.2, 0) is 6.54 Å². The van der Waals surface area contributed by atoms with Crippen LogP contribution < -0.4 is 11.1 Å². The number of hydrogen-bond acceptors (Lipinski definition) is 4. The van der Waals surface area contributed by atoms with Gasteiger partial charge in [0.05, 0.1) is 12.7 Å². The quantitative estimate of drug-likeness (QED) is 0.801. The Bertz CT molecular complexity index is 397. The van der Waals surface area contributed by atoms with Crippen LogP contribution in [0.3, 0.4) is 0 Å². The minimum absolute atomic E-state index is 0.140. The number of amides is 1. The number of rotatable bonds is 6. The van der Waals surface area contributed by atoms with E-state index in [4.69, 9.17) is 5.73 Å². The summed E-state index contributed by atoms with van der Waals surface area (Å²) in [5.41, 5.74) is 5.79. The van der Waals surface area contributed by atoms with Gasteiger partial charge in [-0.05, 0) is 12.3 Å². The maximum absolute atomic E-state index is 11.8. The third kappa shape index (κ3) is 4.31. The normalized spacial score (nSPS) is 16.5. The van der Waals surface area contributed by atoms with E-state index in [0.29, 0.717) is 18.8 Å². The highest BCUT2D eigenvalue weighted by Crippen LogP contribution is 2.25. The van der Waals surface area contributed by atoms with Gasteiger partial charge in [-0.15, -0.1) is 5.10 Å². The van der Waals surface area contributed by atoms with Crippen LogP contribution in [0.15, 0.2) is 6.20 Å². The topological polar surface area (TPSA) is 85.8 Å². The molecule has 0 aromatic carbocycles. The minimum atomic E-state index is -0.140. The molecule has 0 spiro atoms. The van der Waals surface area contributed by atoms with Gasteiger partial charge in [0.1, 0.15) is 0 Å². The Labute approximate surface area is 113 Å². The van der Waals surface area contributed by atoms with Crippen molar-refractivity contribution in [3.63, 3.8) is 0 Å². The lowest BCUT2D eigenvalue weighted by atomic mass is 9.87. The summed E-state index contributed by atoms with van der Waals surface area (Å²) in [7, 11) is 0. The maximum atomic E-state index is 11.8. The van der Waals surface area contributed by atoms with Gasteiger partial charge in [-0.25, -0.2) is 0 Å². The fourth-order valence-electron chi connectivity index (χ4n) is 2.60. The molecule has 1 heterocycles. The van der Waals surface area contributed by atoms with E-state index in [2.05, 4.69) is 15.6 Å². The summed E-state index contributed by atoms with van der Waals surface area (Å²) in [6.07, 6.45) is 9.38. The molecule has 1 aromatic heterocycles. The lowest BCUT2D eigenvalue weighted by Gasteiger charge is -2.21. The van der Waals surface area contributed by atoms with Crippen LogP contribution in [0.2, 0.25) is 0 Å². The molecule has 1 aliphatic rings. The average Bonchev–Trinajstić information content (AvgIpc) is 2.89. The molecule has 2 rings (SSSR count). The number of nitrogens with zero attached hydrogens (tertiary/aromatic N) is 3. The third-order valence-electron chi connectivity index (χ3n) is 3.69. The van der Waals surface area contributed by atoms with E-state index in [1.807, 2.05) is 0 Å². The largest absolute Gasteiger partial charge is 0.351 e. The highest BCUT2D eigenvalue weighted by atomic mass is 16.2. The Balaban J connectivity index is 1.70. The summed E-state index contributed by atoms with van der Waals surface area (Å²) >= 11 is 0. The second kappa shape index (κ2) is 7.23. The van der Waals surface area contributed by atoms with Crippen LogP contribution in [0.1, 0.15) is 49.0 Å². The third-order valence-corrected chi connectivity index (χ3v) is 3.69. The Kier molecular flexibility index (Phi) is 5.32. The van der Waals surface area contributed by atoms with E-state index in [-0.39, 0.29) is 5.91 Å². The van der Waals surface area contributed by atoms with Crippen LogP contribution >= 0.6 is 0 Å². The fraction of sp³-hybridized carbons (Fsp3) is 0.769. The molecule has 0 atom stereocenters. The van der Waals surface area contributed by atoms with Crippen LogP contribution in [-0.4, -0.2) is 34.0 Å². The van der Waals surface area contributed by atoms with Crippen LogP contribution in [0.5, 0.6) is 0 Å². The van der Waals surface area contributed by atoms with E-state index in [9.17, 15) is 4.79 Å². The fourth-order valence-corrected chi connectivity index (χ4v) is 2.60. The van der Waals surface area contributed by atoms with Crippen molar-refractivity contribution in [3.05, 3.63) is 11.9 Å². The van der Waals surface area contributed by atoms with E-state index < -0.39 is 0 Å². The number of aromatic nitrogens is 3. The van der Waals surface area contributed by atoms with E-state index >= 15 is 0 Å². The van der Waals surface area contributed by atoms with Gasteiger partial charge in [-0.3, -0.25) is 9.48 Å². The zero-order valence-corrected chi connectivity index (χ0v) is 11.3. The Morgan fingerprint density at radius 2 is 2.21 bits per heavy atom. The molecular weight excluding hydrogens is 242 g/mol. The zero-order valence-electron chi connectivity index (χ0n) is 11.3. The maximum Gasteiger partial charge on any atom is 0.273 e. The predicted molar refractivity (Wildman–Crippen MR) is 72.6 cm³/mol. The molecule has 6 nitrogen and oxygen atoms in total. The Hall–Kier alpha value is -1.43. The van der Waals surface area contributed by atoms with Gasteiger partial charge in [0, 0.05) is 13.1 Å². The average molecular weight is 265 g/mol. The Morgan fingerprint density at radius 1 is 1.42 bits per heavy atom. The minimum Gasteiger partial charge on any atom is -0.351 e. The second-order valence-corrected chi connectivity index (χ2v) is 5.20. The molecule has 1 aromatic rings. The highest BCUT2D eigenvalue weighted by molar-refractivity contribution is 5.91. The highest BCUT2D eigenvalue weighted by Gasteiger charge is 2.14. The number of hydrogen-bond donors (Lipinski definition) is 2. The van der Waals surface area contributed by atoms with Gasteiger partial charge in [0.2, 0.25) is 0 Å². The van der Waals surface area contributed by atoms with Gasteiger partial charge in [-0.1, -0.05) is 37.3 Å². The number of carbonyl (C=O) groups is 1. The first kappa shape index (κ1) is 14.0. The van der Waals surface area contributed by atoms with Crippen molar-refractivity contribution in [3.8, 4) is 0 Å². The lowest BCUT2D eigenvalue weighted by molar-refractivity contribution is 0.0945. The zero-order chi connectivity index (χ0) is 13.5. The SMILES string of the molecule is NCCn1cc(C(=O)NCCC2CCCCC2)nn1. The molecule has 1 amide bonds. The molecule has 3 N–H and O–H groups in total. The van der Waals surface area contributed by atoms with Crippen LogP contribution in [0.25, 0.3) is 0 Å². The summed E-state index contributed by atoms with van der Waals surface area (Å²) < 4.78 is 1.59. The first-order valence-electron chi connectivity index (χ1n) is 7.18. The van der Waals surface area contributed by atoms with Crippen molar-refractivity contribution in [2.24, 2.45) is 11.7 Å². The van der Waals surface area contributed by atoms with Crippen LogP contribution in [0, 0.1) is 5.92 Å². The number of nitrogens with one attached hydrogen (secondary N) is 1. The van der Waals surface area contributed by atoms with E-state index in [1.54, 1.807) is 10.9 Å². The molecule has 0 saturated heterocycles. The smallest absolute Gasteiger partial charge is 0.273 e. The van der Waals surface area contributed by atoms with E-state index in [0.717, 1.165) is 18.9 Å². The van der Waals surface area contributed by atoms with Gasteiger partial charge < -0.3 is 11.1 Å². The summed E-state index contributed by atoms with van der Waals surface area (Å²) in [5, 5.41) is 10.6. The molecule has 1 aliphatic carbocycles. The standard InChI is InChI=1S/C13H23N5O/c14-7-9-18-10-12(16-17-18)13(19)15-8-6-11-4-2-1-3-5-11/h10-11H,1-9,14H2,(H,15,19). The first-order valence-corrected chi connectivity index (χ1v) is 7.18. The van der Waals surface area contributed by atoms with Gasteiger partial charge in [0.15, 0.2) is 5.69 Å². The van der Waals surface area contributed by atoms with Crippen molar-refractivity contribution in [1.82, 2.24) is 20.3 Å². The molecule has 0 aliphatic heterocycles. The molecule has 0 bridgehead atoms. The molecular formula is C13H23N5O. The monoisotopic (exact) mass is 265 g/mol. The molecule has 106 valence electrons. The summed E-state index contributed by atoms with van der Waals surface area (Å²) in [5.74, 6) is 0.640. The lowest BCUT2D eigenvalue weighted by Crippen LogP contribution is -2.26. The van der Waals surface area contributed by atoms with E-state index in [1.165, 1.54) is 32.1 Å². The summed E-state index contributed by atoms with van der Waals surface area (Å²) in [4.78, 5) is 11.8. The number of nitrogens with two attached hydrogens (primary N) is 1. The van der Waals surface area contributed by atoms with Gasteiger partial charge >= 0.3 is 0 Å². The predicted octanol–water partition coefficient (Wildman–Crippen LogP) is 0.937. The molecule has 6 heteroatoms. The molecule has 19 heavy (non-hydrogen) atoms. The molecule has 0 unspecified atom stereocenters. The van der Waals surface area contributed by atoms with Crippen molar-refractivity contribution in [2.45, 2.75) is 45.1 Å². The second-order valence-electron chi connectivity index (χ2n) is 5.20. The summed E-state index contributed by atoms with van der Waals surface area (Å²) in [6.45, 7) is 1.81. The van der Waals surface area contributed by atoms with Gasteiger partial charge in [-0.2, -0.15) is 0 Å². The molecule has 1 fully saturated rings. The molecule has 0 radical (unpaired) electrons. The number of carbonyl (C=O) groups excluding carboxylic acids is 1. The van der Waals surface area contributed by atoms with Crippen molar-refractivity contribution < 1.29 is 4.79 Å². The van der Waals surface area contributed by atoms with Crippen molar-refractivity contribution in [2.75, 3.05) is 13.1 Å². The summed E-state index contributed by atoms with van der Waals surface area (Å²) in [6, 6.07) is 0. The Morgan fingerprint density at radius 3 is 2.95 bits per heavy atom. The van der Waals surface area contributed by atoms with Gasteiger partial charge in [0.25, 0.3) is 5.91 Å². The van der Waals surface area contributed by atoms with Crippen molar-refractivity contribution >= 4 is 5.91 Å².